The lowest BCUT2D eigenvalue weighted by Gasteiger charge is -2.09. The van der Waals surface area contributed by atoms with E-state index in [-0.39, 0.29) is 10.7 Å². The number of thiocarbonyl (C=S) groups is 1. The van der Waals surface area contributed by atoms with Crippen molar-refractivity contribution in [2.75, 3.05) is 0 Å². The van der Waals surface area contributed by atoms with Gasteiger partial charge in [0, 0.05) is 11.6 Å². The van der Waals surface area contributed by atoms with Crippen LogP contribution in [0.1, 0.15) is 5.56 Å². The fourth-order valence-electron chi connectivity index (χ4n) is 1.41. The molecule has 2 aromatic rings. The average Bonchev–Trinajstić information content (AvgIpc) is 2.34. The average molecular weight is 344 g/mol. The van der Waals surface area contributed by atoms with Crippen molar-refractivity contribution in [2.24, 2.45) is 5.73 Å². The fraction of sp³-hybridized carbons (Fsp3) is 0. The maximum Gasteiger partial charge on any atom is 0.168 e. The highest BCUT2D eigenvalue weighted by Crippen LogP contribution is 2.31. The van der Waals surface area contributed by atoms with E-state index in [2.05, 4.69) is 15.9 Å². The molecule has 2 N–H and O–H groups in total. The minimum atomic E-state index is -0.773. The minimum Gasteiger partial charge on any atom is -0.453 e. The molecular weight excluding hydrogens is 336 g/mol. The molecule has 0 unspecified atom stereocenters. The monoisotopic (exact) mass is 343 g/mol. The van der Waals surface area contributed by atoms with Crippen LogP contribution in [0.15, 0.2) is 40.9 Å². The van der Waals surface area contributed by atoms with Crippen molar-refractivity contribution >= 4 is 33.1 Å². The molecule has 0 spiro atoms. The van der Waals surface area contributed by atoms with Crippen molar-refractivity contribution in [1.82, 2.24) is 0 Å². The summed E-state index contributed by atoms with van der Waals surface area (Å²) in [5.74, 6) is -1.12. The summed E-state index contributed by atoms with van der Waals surface area (Å²) in [5, 5.41) is 0. The zero-order chi connectivity index (χ0) is 14.0. The van der Waals surface area contributed by atoms with Gasteiger partial charge in [0.05, 0.1) is 4.47 Å². The second-order valence-corrected chi connectivity index (χ2v) is 4.98. The summed E-state index contributed by atoms with van der Waals surface area (Å²) >= 11 is 8.12. The first-order chi connectivity index (χ1) is 8.97. The lowest BCUT2D eigenvalue weighted by molar-refractivity contribution is 0.435. The molecule has 0 heterocycles. The van der Waals surface area contributed by atoms with Gasteiger partial charge in [-0.15, -0.1) is 0 Å². The summed E-state index contributed by atoms with van der Waals surface area (Å²) in [6, 6.07) is 8.02. The second-order valence-electron chi connectivity index (χ2n) is 3.69. The van der Waals surface area contributed by atoms with Crippen LogP contribution >= 0.6 is 28.1 Å². The third kappa shape index (κ3) is 3.27. The Morgan fingerprint density at radius 2 is 1.79 bits per heavy atom. The van der Waals surface area contributed by atoms with Crippen LogP contribution in [0.4, 0.5) is 8.78 Å². The number of rotatable bonds is 3. The SMILES string of the molecule is NC(=S)c1ccc(Oc2ccc(F)cc2F)c(Br)c1. The van der Waals surface area contributed by atoms with E-state index in [9.17, 15) is 8.78 Å². The largest absolute Gasteiger partial charge is 0.453 e. The molecule has 2 rings (SSSR count). The smallest absolute Gasteiger partial charge is 0.168 e. The zero-order valence-corrected chi connectivity index (χ0v) is 11.9. The number of nitrogens with two attached hydrogens (primary N) is 1. The standard InChI is InChI=1S/C13H8BrF2NOS/c14-9-5-7(13(17)19)1-3-11(9)18-12-4-2-8(15)6-10(12)16/h1-6H,(H2,17,19). The predicted octanol–water partition coefficient (Wildman–Crippen LogP) is 4.15. The van der Waals surface area contributed by atoms with E-state index in [0.717, 1.165) is 12.1 Å². The Morgan fingerprint density at radius 1 is 1.11 bits per heavy atom. The number of halogens is 3. The molecule has 0 atom stereocenters. The van der Waals surface area contributed by atoms with E-state index in [0.29, 0.717) is 15.8 Å². The van der Waals surface area contributed by atoms with Crippen LogP contribution in [0.25, 0.3) is 0 Å². The highest BCUT2D eigenvalue weighted by molar-refractivity contribution is 9.10. The first kappa shape index (κ1) is 13.9. The van der Waals surface area contributed by atoms with E-state index >= 15 is 0 Å². The van der Waals surface area contributed by atoms with Gasteiger partial charge in [-0.2, -0.15) is 0 Å². The predicted molar refractivity (Wildman–Crippen MR) is 76.5 cm³/mol. The molecule has 2 aromatic carbocycles. The molecular formula is C13H8BrF2NOS. The molecule has 98 valence electrons. The van der Waals surface area contributed by atoms with Crippen molar-refractivity contribution in [2.45, 2.75) is 0 Å². The topological polar surface area (TPSA) is 35.2 Å². The molecule has 0 radical (unpaired) electrons. The molecule has 0 aromatic heterocycles. The summed E-state index contributed by atoms with van der Waals surface area (Å²) in [4.78, 5) is 0.250. The van der Waals surface area contributed by atoms with Crippen LogP contribution < -0.4 is 10.5 Å². The molecule has 0 saturated heterocycles. The van der Waals surface area contributed by atoms with E-state index in [1.165, 1.54) is 6.07 Å². The summed E-state index contributed by atoms with van der Waals surface area (Å²) in [7, 11) is 0. The Kier molecular flexibility index (Phi) is 4.11. The molecule has 2 nitrogen and oxygen atoms in total. The normalized spacial score (nSPS) is 10.3. The van der Waals surface area contributed by atoms with E-state index in [4.69, 9.17) is 22.7 Å². The molecule has 6 heteroatoms. The first-order valence-electron chi connectivity index (χ1n) is 5.19. The van der Waals surface area contributed by atoms with Gasteiger partial charge >= 0.3 is 0 Å². The highest BCUT2D eigenvalue weighted by atomic mass is 79.9. The Balaban J connectivity index is 2.31. The summed E-state index contributed by atoms with van der Waals surface area (Å²) in [5.41, 5.74) is 6.16. The van der Waals surface area contributed by atoms with E-state index < -0.39 is 11.6 Å². The molecule has 0 saturated carbocycles. The summed E-state index contributed by atoms with van der Waals surface area (Å²) < 4.78 is 32.2. The fourth-order valence-corrected chi connectivity index (χ4v) is 2.00. The molecule has 0 aliphatic carbocycles. The maximum absolute atomic E-state index is 13.5. The Morgan fingerprint density at radius 3 is 2.37 bits per heavy atom. The lowest BCUT2D eigenvalue weighted by Crippen LogP contribution is -2.09. The number of hydrogen-bond donors (Lipinski definition) is 1. The first-order valence-corrected chi connectivity index (χ1v) is 6.40. The summed E-state index contributed by atoms with van der Waals surface area (Å²) in [6.07, 6.45) is 0. The minimum absolute atomic E-state index is 0.0647. The van der Waals surface area contributed by atoms with Gasteiger partial charge in [0.25, 0.3) is 0 Å². The quantitative estimate of drug-likeness (QED) is 0.850. The third-order valence-corrected chi connectivity index (χ3v) is 3.19. The number of benzene rings is 2. The van der Waals surface area contributed by atoms with Gasteiger partial charge < -0.3 is 10.5 Å². The van der Waals surface area contributed by atoms with Gasteiger partial charge in [0.2, 0.25) is 0 Å². The highest BCUT2D eigenvalue weighted by Gasteiger charge is 2.09. The van der Waals surface area contributed by atoms with Crippen LogP contribution in [-0.2, 0) is 0 Å². The zero-order valence-electron chi connectivity index (χ0n) is 9.49. The van der Waals surface area contributed by atoms with Gasteiger partial charge in [-0.25, -0.2) is 8.78 Å². The summed E-state index contributed by atoms with van der Waals surface area (Å²) in [6.45, 7) is 0. The van der Waals surface area contributed by atoms with Gasteiger partial charge in [-0.05, 0) is 46.3 Å². The lowest BCUT2D eigenvalue weighted by atomic mass is 10.2. The van der Waals surface area contributed by atoms with Crippen LogP contribution in [0, 0.1) is 11.6 Å². The van der Waals surface area contributed by atoms with Crippen LogP contribution in [0.2, 0.25) is 0 Å². The number of ether oxygens (including phenoxy) is 1. The van der Waals surface area contributed by atoms with Crippen LogP contribution in [-0.4, -0.2) is 4.99 Å². The van der Waals surface area contributed by atoms with Crippen molar-refractivity contribution in [3.05, 3.63) is 58.1 Å². The van der Waals surface area contributed by atoms with Crippen LogP contribution in [0.5, 0.6) is 11.5 Å². The van der Waals surface area contributed by atoms with Gasteiger partial charge in [-0.3, -0.25) is 0 Å². The molecule has 19 heavy (non-hydrogen) atoms. The Bertz CT molecular complexity index is 649. The van der Waals surface area contributed by atoms with Gasteiger partial charge in [0.1, 0.15) is 16.6 Å². The van der Waals surface area contributed by atoms with E-state index in [1.807, 2.05) is 0 Å². The Hall–Kier alpha value is -1.53. The van der Waals surface area contributed by atoms with Gasteiger partial charge in [-0.1, -0.05) is 12.2 Å². The van der Waals surface area contributed by atoms with Crippen molar-refractivity contribution in [3.63, 3.8) is 0 Å². The molecule has 0 aliphatic heterocycles. The van der Waals surface area contributed by atoms with E-state index in [1.54, 1.807) is 18.2 Å². The second kappa shape index (κ2) is 5.63. The van der Waals surface area contributed by atoms with Crippen molar-refractivity contribution in [3.8, 4) is 11.5 Å². The third-order valence-electron chi connectivity index (χ3n) is 2.33. The van der Waals surface area contributed by atoms with Crippen molar-refractivity contribution in [1.29, 1.82) is 0 Å². The van der Waals surface area contributed by atoms with Crippen LogP contribution in [0.3, 0.4) is 0 Å². The number of hydrogen-bond acceptors (Lipinski definition) is 2. The molecule has 0 amide bonds. The molecule has 0 fully saturated rings. The van der Waals surface area contributed by atoms with Crippen molar-refractivity contribution < 1.29 is 13.5 Å². The molecule has 0 aliphatic rings. The Labute approximate surface area is 122 Å². The molecule has 0 bridgehead atoms. The van der Waals surface area contributed by atoms with Gasteiger partial charge in [0.15, 0.2) is 11.6 Å². The maximum atomic E-state index is 13.5.